The molecule has 0 saturated heterocycles. The Bertz CT molecular complexity index is 422. The molecule has 3 N–H and O–H groups in total. The highest BCUT2D eigenvalue weighted by molar-refractivity contribution is 8.01. The highest BCUT2D eigenvalue weighted by atomic mass is 32.2. The molecule has 0 aliphatic rings. The third-order valence-electron chi connectivity index (χ3n) is 1.54. The minimum Gasteiger partial charge on any atom is -0.466 e. The van der Waals surface area contributed by atoms with Crippen molar-refractivity contribution in [2.75, 3.05) is 5.75 Å². The van der Waals surface area contributed by atoms with E-state index in [2.05, 4.69) is 10.2 Å². The molecular weight excluding hydrogens is 276 g/mol. The summed E-state index contributed by atoms with van der Waals surface area (Å²) < 4.78 is 6.09. The lowest BCUT2D eigenvalue weighted by molar-refractivity contribution is -0.119. The molecule has 0 saturated carbocycles. The number of imide groups is 1. The molecule has 1 aromatic rings. The van der Waals surface area contributed by atoms with E-state index in [0.29, 0.717) is 10.9 Å². The van der Waals surface area contributed by atoms with Crippen molar-refractivity contribution in [2.24, 2.45) is 5.73 Å². The van der Waals surface area contributed by atoms with E-state index in [1.54, 1.807) is 0 Å². The minimum atomic E-state index is -0.839. The van der Waals surface area contributed by atoms with Crippen molar-refractivity contribution in [3.63, 3.8) is 0 Å². The molecule has 0 radical (unpaired) electrons. The van der Waals surface area contributed by atoms with Gasteiger partial charge in [-0.25, -0.2) is 4.79 Å². The van der Waals surface area contributed by atoms with E-state index in [1.165, 1.54) is 23.1 Å². The standard InChI is InChI=1S/C9H14N4O3S2/c1-5(2)16-8-12-13-9(18-8)17-4-3-6(14)11-7(10)15/h5H,3-4H2,1-2H3,(H3,10,11,14,15). The Balaban J connectivity index is 2.29. The number of hydrogen-bond donors (Lipinski definition) is 2. The monoisotopic (exact) mass is 290 g/mol. The van der Waals surface area contributed by atoms with Gasteiger partial charge in [0, 0.05) is 12.2 Å². The maximum absolute atomic E-state index is 11.1. The second-order valence-electron chi connectivity index (χ2n) is 3.51. The highest BCUT2D eigenvalue weighted by Crippen LogP contribution is 2.27. The van der Waals surface area contributed by atoms with Gasteiger partial charge in [0.25, 0.3) is 5.19 Å². The molecule has 1 aromatic heterocycles. The molecule has 7 nitrogen and oxygen atoms in total. The lowest BCUT2D eigenvalue weighted by atomic mass is 10.4. The summed E-state index contributed by atoms with van der Waals surface area (Å²) in [5, 5.41) is 10.3. The zero-order valence-electron chi connectivity index (χ0n) is 10.0. The second-order valence-corrected chi connectivity index (χ2v) is 5.79. The van der Waals surface area contributed by atoms with Gasteiger partial charge in [0.2, 0.25) is 5.91 Å². The van der Waals surface area contributed by atoms with Gasteiger partial charge in [-0.05, 0) is 25.2 Å². The normalized spacial score (nSPS) is 10.4. The molecule has 1 rings (SSSR count). The zero-order chi connectivity index (χ0) is 13.5. The zero-order valence-corrected chi connectivity index (χ0v) is 11.6. The van der Waals surface area contributed by atoms with Crippen LogP contribution in [0.25, 0.3) is 0 Å². The molecule has 3 amide bonds. The number of thioether (sulfide) groups is 1. The summed E-state index contributed by atoms with van der Waals surface area (Å²) in [5.74, 6) is 0.0910. The minimum absolute atomic E-state index is 0.0529. The average Bonchev–Trinajstić information content (AvgIpc) is 2.63. The van der Waals surface area contributed by atoms with Crippen molar-refractivity contribution in [3.05, 3.63) is 0 Å². The Kier molecular flexibility index (Phi) is 5.86. The van der Waals surface area contributed by atoms with Crippen LogP contribution < -0.4 is 15.8 Å². The summed E-state index contributed by atoms with van der Waals surface area (Å²) in [4.78, 5) is 21.5. The van der Waals surface area contributed by atoms with E-state index in [4.69, 9.17) is 10.5 Å². The third kappa shape index (κ3) is 5.82. The average molecular weight is 290 g/mol. The van der Waals surface area contributed by atoms with Crippen LogP contribution in [0.2, 0.25) is 0 Å². The van der Waals surface area contributed by atoms with Gasteiger partial charge in [-0.3, -0.25) is 10.1 Å². The Morgan fingerprint density at radius 1 is 1.50 bits per heavy atom. The Morgan fingerprint density at radius 2 is 2.22 bits per heavy atom. The Hall–Kier alpha value is -1.35. The van der Waals surface area contributed by atoms with Crippen LogP contribution in [0.15, 0.2) is 4.34 Å². The molecule has 0 spiro atoms. The molecule has 18 heavy (non-hydrogen) atoms. The van der Waals surface area contributed by atoms with E-state index < -0.39 is 11.9 Å². The summed E-state index contributed by atoms with van der Waals surface area (Å²) >= 11 is 2.70. The van der Waals surface area contributed by atoms with Gasteiger partial charge >= 0.3 is 6.03 Å². The molecule has 0 fully saturated rings. The number of amides is 3. The molecule has 0 aliphatic heterocycles. The van der Waals surface area contributed by atoms with Gasteiger partial charge in [-0.1, -0.05) is 16.9 Å². The topological polar surface area (TPSA) is 107 Å². The lowest BCUT2D eigenvalue weighted by Crippen LogP contribution is -2.35. The number of primary amides is 1. The molecule has 0 bridgehead atoms. The number of nitrogens with one attached hydrogen (secondary N) is 1. The van der Waals surface area contributed by atoms with Gasteiger partial charge in [0.05, 0.1) is 6.10 Å². The number of rotatable bonds is 6. The fourth-order valence-corrected chi connectivity index (χ4v) is 2.75. The molecule has 0 atom stereocenters. The predicted molar refractivity (Wildman–Crippen MR) is 68.7 cm³/mol. The predicted octanol–water partition coefficient (Wildman–Crippen LogP) is 1.00. The lowest BCUT2D eigenvalue weighted by Gasteiger charge is -2.02. The third-order valence-corrected chi connectivity index (χ3v) is 3.49. The van der Waals surface area contributed by atoms with E-state index in [9.17, 15) is 9.59 Å². The molecule has 100 valence electrons. The fraction of sp³-hybridized carbons (Fsp3) is 0.556. The number of hydrogen-bond acceptors (Lipinski definition) is 7. The van der Waals surface area contributed by atoms with Crippen LogP contribution in [0.3, 0.4) is 0 Å². The van der Waals surface area contributed by atoms with E-state index >= 15 is 0 Å². The van der Waals surface area contributed by atoms with Crippen LogP contribution in [0.4, 0.5) is 4.79 Å². The number of ether oxygens (including phenoxy) is 1. The molecule has 0 aromatic carbocycles. The first-order chi connectivity index (χ1) is 8.47. The summed E-state index contributed by atoms with van der Waals surface area (Å²) in [6.45, 7) is 3.81. The van der Waals surface area contributed by atoms with Crippen LogP contribution in [-0.2, 0) is 4.79 Å². The van der Waals surface area contributed by atoms with E-state index in [0.717, 1.165) is 4.34 Å². The van der Waals surface area contributed by atoms with Gasteiger partial charge in [0.15, 0.2) is 4.34 Å². The molecule has 0 aliphatic carbocycles. The SMILES string of the molecule is CC(C)Oc1nnc(SCCC(=O)NC(N)=O)s1. The number of nitrogens with two attached hydrogens (primary N) is 1. The Labute approximate surface area is 112 Å². The fourth-order valence-electron chi connectivity index (χ4n) is 0.936. The number of nitrogens with zero attached hydrogens (tertiary/aromatic N) is 2. The molecule has 0 unspecified atom stereocenters. The van der Waals surface area contributed by atoms with Crippen molar-refractivity contribution in [1.29, 1.82) is 0 Å². The summed E-state index contributed by atoms with van der Waals surface area (Å²) in [6.07, 6.45) is 0.241. The van der Waals surface area contributed by atoms with Gasteiger partial charge in [-0.2, -0.15) is 0 Å². The largest absolute Gasteiger partial charge is 0.466 e. The summed E-state index contributed by atoms with van der Waals surface area (Å²) in [5.41, 5.74) is 4.81. The smallest absolute Gasteiger partial charge is 0.318 e. The summed E-state index contributed by atoms with van der Waals surface area (Å²) in [7, 11) is 0. The van der Waals surface area contributed by atoms with Crippen molar-refractivity contribution in [3.8, 4) is 5.19 Å². The Morgan fingerprint density at radius 3 is 2.83 bits per heavy atom. The van der Waals surface area contributed by atoms with Crippen LogP contribution in [0.1, 0.15) is 20.3 Å². The molecule has 1 heterocycles. The van der Waals surface area contributed by atoms with Crippen molar-refractivity contribution >= 4 is 35.0 Å². The van der Waals surface area contributed by atoms with Crippen molar-refractivity contribution in [1.82, 2.24) is 15.5 Å². The first kappa shape index (κ1) is 14.7. The number of carbonyl (C=O) groups is 2. The first-order valence-electron chi connectivity index (χ1n) is 5.19. The van der Waals surface area contributed by atoms with Crippen LogP contribution >= 0.6 is 23.1 Å². The van der Waals surface area contributed by atoms with Gasteiger partial charge < -0.3 is 10.5 Å². The molecular formula is C9H14N4O3S2. The van der Waals surface area contributed by atoms with Crippen LogP contribution in [0.5, 0.6) is 5.19 Å². The van der Waals surface area contributed by atoms with Crippen LogP contribution in [0, 0.1) is 0 Å². The number of carbonyl (C=O) groups excluding carboxylic acids is 2. The maximum atomic E-state index is 11.1. The van der Waals surface area contributed by atoms with Crippen LogP contribution in [-0.4, -0.2) is 34.0 Å². The number of aromatic nitrogens is 2. The van der Waals surface area contributed by atoms with Gasteiger partial charge in [-0.15, -0.1) is 5.10 Å². The first-order valence-corrected chi connectivity index (χ1v) is 7.00. The van der Waals surface area contributed by atoms with Gasteiger partial charge in [0.1, 0.15) is 0 Å². The summed E-state index contributed by atoms with van der Waals surface area (Å²) in [6, 6.07) is -0.839. The number of urea groups is 1. The maximum Gasteiger partial charge on any atom is 0.318 e. The highest BCUT2D eigenvalue weighted by Gasteiger charge is 2.09. The van der Waals surface area contributed by atoms with E-state index in [1.807, 2.05) is 19.2 Å². The quantitative estimate of drug-likeness (QED) is 0.757. The van der Waals surface area contributed by atoms with Crippen molar-refractivity contribution < 1.29 is 14.3 Å². The molecule has 9 heteroatoms. The second kappa shape index (κ2) is 7.17. The van der Waals surface area contributed by atoms with Crippen molar-refractivity contribution in [2.45, 2.75) is 30.7 Å². The van der Waals surface area contributed by atoms with E-state index in [-0.39, 0.29) is 12.5 Å².